The largest absolute Gasteiger partial charge is 0.308 e. The Hall–Kier alpha value is -4.80. The summed E-state index contributed by atoms with van der Waals surface area (Å²) in [5, 5.41) is 11.4. The molecule has 9 aromatic rings. The Bertz CT molecular complexity index is 2380. The number of rotatable bonds is 1. The molecule has 3 nitrogen and oxygen atoms in total. The molecule has 0 unspecified atom stereocenters. The first-order valence-electron chi connectivity index (χ1n) is 12.7. The highest BCUT2D eigenvalue weighted by Crippen LogP contribution is 2.43. The van der Waals surface area contributed by atoms with Gasteiger partial charge in [-0.15, -0.1) is 11.3 Å². The summed E-state index contributed by atoms with van der Waals surface area (Å²) in [6, 6.07) is 37.7. The van der Waals surface area contributed by atoms with Crippen LogP contribution >= 0.6 is 11.3 Å². The Balaban J connectivity index is 1.50. The molecule has 0 radical (unpaired) electrons. The van der Waals surface area contributed by atoms with E-state index < -0.39 is 0 Å². The summed E-state index contributed by atoms with van der Waals surface area (Å²) in [6.07, 6.45) is 3.59. The van der Waals surface area contributed by atoms with E-state index in [0.717, 1.165) is 15.9 Å². The van der Waals surface area contributed by atoms with Gasteiger partial charge in [0, 0.05) is 32.7 Å². The molecule has 0 atom stereocenters. The Kier molecular flexibility index (Phi) is 3.93. The normalized spacial score (nSPS) is 12.2. The van der Waals surface area contributed by atoms with Crippen LogP contribution in [0.5, 0.6) is 0 Å². The predicted molar refractivity (Wildman–Crippen MR) is 162 cm³/mol. The first-order chi connectivity index (χ1) is 18.9. The molecule has 176 valence electrons. The predicted octanol–water partition coefficient (Wildman–Crippen LogP) is 9.40. The van der Waals surface area contributed by atoms with Gasteiger partial charge in [-0.2, -0.15) is 0 Å². The van der Waals surface area contributed by atoms with Gasteiger partial charge in [-0.1, -0.05) is 78.9 Å². The number of hydrogen-bond donors (Lipinski definition) is 0. The zero-order valence-electron chi connectivity index (χ0n) is 20.2. The van der Waals surface area contributed by atoms with Gasteiger partial charge in [-0.3, -0.25) is 0 Å². The number of benzene rings is 6. The van der Waals surface area contributed by atoms with E-state index in [0.29, 0.717) is 0 Å². The maximum absolute atomic E-state index is 4.74. The molecule has 3 aromatic heterocycles. The molecule has 3 heterocycles. The van der Waals surface area contributed by atoms with Gasteiger partial charge in [-0.25, -0.2) is 9.97 Å². The van der Waals surface area contributed by atoms with E-state index >= 15 is 0 Å². The number of aromatic nitrogens is 3. The maximum atomic E-state index is 4.74. The summed E-state index contributed by atoms with van der Waals surface area (Å²) in [5.41, 5.74) is 4.59. The number of hydrogen-bond acceptors (Lipinski definition) is 3. The average Bonchev–Trinajstić information content (AvgIpc) is 3.53. The fourth-order valence-electron chi connectivity index (χ4n) is 6.35. The second kappa shape index (κ2) is 7.37. The van der Waals surface area contributed by atoms with Crippen molar-refractivity contribution in [3.8, 4) is 5.69 Å². The number of thiophene rings is 1. The van der Waals surface area contributed by atoms with Crippen molar-refractivity contribution in [2.24, 2.45) is 0 Å². The van der Waals surface area contributed by atoms with Crippen molar-refractivity contribution in [1.29, 1.82) is 0 Å². The molecule has 0 fully saturated rings. The zero-order valence-corrected chi connectivity index (χ0v) is 21.0. The van der Waals surface area contributed by atoms with Crippen molar-refractivity contribution in [3.63, 3.8) is 0 Å². The van der Waals surface area contributed by atoms with Gasteiger partial charge >= 0.3 is 0 Å². The van der Waals surface area contributed by atoms with Crippen molar-refractivity contribution < 1.29 is 0 Å². The van der Waals surface area contributed by atoms with Crippen molar-refractivity contribution in [2.75, 3.05) is 0 Å². The highest BCUT2D eigenvalue weighted by atomic mass is 32.1. The Morgan fingerprint density at radius 3 is 1.95 bits per heavy atom. The minimum atomic E-state index is 1.02. The van der Waals surface area contributed by atoms with Crippen LogP contribution in [0.4, 0.5) is 0 Å². The van der Waals surface area contributed by atoms with Gasteiger partial charge in [-0.05, 0) is 56.6 Å². The summed E-state index contributed by atoms with van der Waals surface area (Å²) in [4.78, 5) is 9.03. The van der Waals surface area contributed by atoms with E-state index in [2.05, 4.69) is 113 Å². The zero-order chi connectivity index (χ0) is 24.8. The van der Waals surface area contributed by atoms with Crippen molar-refractivity contribution >= 4 is 85.8 Å². The maximum Gasteiger partial charge on any atom is 0.116 e. The number of nitrogens with zero attached hydrogens (tertiary/aromatic N) is 3. The van der Waals surface area contributed by atoms with Crippen LogP contribution in [0, 0.1) is 0 Å². The smallest absolute Gasteiger partial charge is 0.116 e. The van der Waals surface area contributed by atoms with Gasteiger partial charge in [0.2, 0.25) is 0 Å². The number of fused-ring (bicyclic) bond motifs is 13. The third-order valence-electron chi connectivity index (χ3n) is 7.92. The standard InChI is InChI=1S/C34H19N3S/c1-2-9-23-21(7-1)22-8-3-4-10-24(22)28-17-20(13-14-25(23)28)37-29-12-6-5-11-26(29)27-15-16-30-32(34(27)37)33-31(38-30)18-35-19-36-33/h1-19H. The average molecular weight is 502 g/mol. The van der Waals surface area contributed by atoms with Crippen LogP contribution in [0.1, 0.15) is 0 Å². The lowest BCUT2D eigenvalue weighted by molar-refractivity contribution is 1.19. The minimum absolute atomic E-state index is 1.02. The van der Waals surface area contributed by atoms with Crippen molar-refractivity contribution in [2.45, 2.75) is 0 Å². The molecule has 0 bridgehead atoms. The molecule has 0 aliphatic heterocycles. The van der Waals surface area contributed by atoms with Gasteiger partial charge in [0.15, 0.2) is 0 Å². The fourth-order valence-corrected chi connectivity index (χ4v) is 7.39. The van der Waals surface area contributed by atoms with Gasteiger partial charge in [0.05, 0.1) is 21.3 Å². The highest BCUT2D eigenvalue weighted by Gasteiger charge is 2.19. The van der Waals surface area contributed by atoms with E-state index in [1.807, 2.05) is 6.20 Å². The van der Waals surface area contributed by atoms with E-state index in [9.17, 15) is 0 Å². The first-order valence-corrected chi connectivity index (χ1v) is 13.6. The topological polar surface area (TPSA) is 30.7 Å². The van der Waals surface area contributed by atoms with Crippen LogP contribution in [-0.4, -0.2) is 14.5 Å². The van der Waals surface area contributed by atoms with Crippen LogP contribution < -0.4 is 0 Å². The van der Waals surface area contributed by atoms with E-state index in [1.54, 1.807) is 17.7 Å². The lowest BCUT2D eigenvalue weighted by Gasteiger charge is -2.14. The number of para-hydroxylation sites is 1. The summed E-state index contributed by atoms with van der Waals surface area (Å²) in [5.74, 6) is 0. The molecule has 6 aromatic carbocycles. The van der Waals surface area contributed by atoms with Gasteiger partial charge < -0.3 is 4.57 Å². The summed E-state index contributed by atoms with van der Waals surface area (Å²) >= 11 is 1.76. The Morgan fingerprint density at radius 2 is 1.18 bits per heavy atom. The summed E-state index contributed by atoms with van der Waals surface area (Å²) in [7, 11) is 0. The lowest BCUT2D eigenvalue weighted by Crippen LogP contribution is -1.95. The molecule has 0 aliphatic rings. The molecule has 0 spiro atoms. The third kappa shape index (κ3) is 2.57. The quantitative estimate of drug-likeness (QED) is 0.210. The Morgan fingerprint density at radius 1 is 0.553 bits per heavy atom. The molecule has 9 rings (SSSR count). The third-order valence-corrected chi connectivity index (χ3v) is 9.00. The molecule has 38 heavy (non-hydrogen) atoms. The van der Waals surface area contributed by atoms with Crippen LogP contribution in [0.15, 0.2) is 116 Å². The fraction of sp³-hybridized carbons (Fsp3) is 0. The minimum Gasteiger partial charge on any atom is -0.308 e. The molecule has 0 saturated carbocycles. The van der Waals surface area contributed by atoms with Crippen molar-refractivity contribution in [3.05, 3.63) is 116 Å². The van der Waals surface area contributed by atoms with E-state index in [1.165, 1.54) is 64.2 Å². The monoisotopic (exact) mass is 501 g/mol. The molecule has 0 saturated heterocycles. The van der Waals surface area contributed by atoms with Crippen LogP contribution in [-0.2, 0) is 0 Å². The van der Waals surface area contributed by atoms with E-state index in [4.69, 9.17) is 4.98 Å². The highest BCUT2D eigenvalue weighted by molar-refractivity contribution is 7.25. The van der Waals surface area contributed by atoms with E-state index in [-0.39, 0.29) is 0 Å². The molecular weight excluding hydrogens is 482 g/mol. The van der Waals surface area contributed by atoms with Crippen LogP contribution in [0.25, 0.3) is 80.1 Å². The van der Waals surface area contributed by atoms with Crippen molar-refractivity contribution in [1.82, 2.24) is 14.5 Å². The molecule has 4 heteroatoms. The second-order valence-corrected chi connectivity index (χ2v) is 10.9. The second-order valence-electron chi connectivity index (χ2n) is 9.85. The SMILES string of the molecule is c1ccc2c(c1)c1ccccc1c1cc(-n3c4ccccc4c4ccc5sc6cncnc6c5c43)ccc21. The molecule has 0 N–H and O–H groups in total. The summed E-state index contributed by atoms with van der Waals surface area (Å²) < 4.78 is 4.78. The van der Waals surface area contributed by atoms with Crippen LogP contribution in [0.2, 0.25) is 0 Å². The first kappa shape index (κ1) is 20.3. The molecule has 0 amide bonds. The summed E-state index contributed by atoms with van der Waals surface area (Å²) in [6.45, 7) is 0. The lowest BCUT2D eigenvalue weighted by atomic mass is 9.94. The molecular formula is C34H19N3S. The molecule has 0 aliphatic carbocycles. The Labute approximate surface area is 221 Å². The van der Waals surface area contributed by atoms with Gasteiger partial charge in [0.1, 0.15) is 6.33 Å². The van der Waals surface area contributed by atoms with Gasteiger partial charge in [0.25, 0.3) is 0 Å². The van der Waals surface area contributed by atoms with Crippen LogP contribution in [0.3, 0.4) is 0 Å².